The number of likely N-dealkylation sites (tertiary alicyclic amines) is 1. The number of carbonyl (C=O) groups is 5. The maximum Gasteiger partial charge on any atom is 0.262 e. The van der Waals surface area contributed by atoms with Crippen LogP contribution in [-0.2, 0) is 22.6 Å². The first-order valence-electron chi connectivity index (χ1n) is 20.4. The maximum absolute atomic E-state index is 15.4. The number of nitrogens with zero attached hydrogens (tertiary/aromatic N) is 8. The summed E-state index contributed by atoms with van der Waals surface area (Å²) in [7, 11) is 0. The average Bonchev–Trinajstić information content (AvgIpc) is 3.51. The number of anilines is 4. The molecule has 5 aliphatic rings. The van der Waals surface area contributed by atoms with E-state index in [0.717, 1.165) is 79.4 Å². The van der Waals surface area contributed by atoms with E-state index >= 15 is 4.39 Å². The van der Waals surface area contributed by atoms with Crippen LogP contribution in [0, 0.1) is 17.3 Å². The number of pyridine rings is 1. The number of aromatic nitrogens is 3. The summed E-state index contributed by atoms with van der Waals surface area (Å²) < 4.78 is 15.4. The number of hydrogen-bond donors (Lipinski definition) is 3. The minimum atomic E-state index is -1.00. The van der Waals surface area contributed by atoms with E-state index in [0.29, 0.717) is 42.0 Å². The second-order valence-corrected chi connectivity index (χ2v) is 16.3. The molecule has 5 aliphatic heterocycles. The molecule has 3 N–H and O–H groups in total. The summed E-state index contributed by atoms with van der Waals surface area (Å²) in [5, 5.41) is 17.9. The van der Waals surface area contributed by atoms with E-state index in [-0.39, 0.29) is 41.4 Å². The van der Waals surface area contributed by atoms with Crippen molar-refractivity contribution in [2.75, 3.05) is 47.8 Å². The molecule has 1 atom stereocenters. The molecular formula is C43H41ClFN11O5. The second-order valence-electron chi connectivity index (χ2n) is 15.9. The Balaban J connectivity index is 0.749. The fourth-order valence-electron chi connectivity index (χ4n) is 9.09. The standard InChI is InChI=1S/C43H41ClFN11O5/c44-33-20-28(2-1-24(33)21-46)55-18-13-30-34(22-55)47-23-48-39(30)51-36-7-5-31(38(45)50-36)40(58)49-25-9-14-53(15-10-25)26-11-16-54(17-12-26)27-3-4-29-32(19-27)43(61)56(42(29)60)35-6-8-37(57)52-41(35)59/h1-5,7,19-20,23,25-26,35H,6,8-18,22H2,(H,49,58)(H,52,57,59)(H,47,48,50,51). The van der Waals surface area contributed by atoms with Gasteiger partial charge in [-0.2, -0.15) is 9.65 Å². The summed E-state index contributed by atoms with van der Waals surface area (Å²) in [6.07, 6.45) is 5.45. The number of amides is 5. The molecule has 0 bridgehead atoms. The quantitative estimate of drug-likeness (QED) is 0.170. The molecule has 2 aromatic carbocycles. The van der Waals surface area contributed by atoms with Gasteiger partial charge in [0.05, 0.1) is 39.5 Å². The predicted octanol–water partition coefficient (Wildman–Crippen LogP) is 4.11. The van der Waals surface area contributed by atoms with Gasteiger partial charge < -0.3 is 25.3 Å². The van der Waals surface area contributed by atoms with Crippen LogP contribution < -0.4 is 25.8 Å². The largest absolute Gasteiger partial charge is 0.371 e. The third-order valence-electron chi connectivity index (χ3n) is 12.4. The number of halogens is 2. The highest BCUT2D eigenvalue weighted by molar-refractivity contribution is 6.32. The number of nitrogens with one attached hydrogen (secondary N) is 3. The third kappa shape index (κ3) is 7.84. The van der Waals surface area contributed by atoms with Crippen LogP contribution in [-0.4, -0.2) is 105 Å². The Morgan fingerprint density at radius 2 is 1.61 bits per heavy atom. The van der Waals surface area contributed by atoms with Gasteiger partial charge in [-0.05, 0) is 87.1 Å². The van der Waals surface area contributed by atoms with Gasteiger partial charge in [-0.15, -0.1) is 0 Å². The van der Waals surface area contributed by atoms with Crippen LogP contribution in [0.25, 0.3) is 0 Å². The Morgan fingerprint density at radius 1 is 0.852 bits per heavy atom. The summed E-state index contributed by atoms with van der Waals surface area (Å²) in [5.74, 6) is -2.75. The van der Waals surface area contributed by atoms with Gasteiger partial charge in [0, 0.05) is 68.2 Å². The third-order valence-corrected chi connectivity index (χ3v) is 12.7. The van der Waals surface area contributed by atoms with Gasteiger partial charge in [0.15, 0.2) is 0 Å². The number of benzene rings is 2. The minimum absolute atomic E-state index is 0.0677. The molecule has 16 nitrogen and oxygen atoms in total. The van der Waals surface area contributed by atoms with Crippen molar-refractivity contribution < 1.29 is 28.4 Å². The van der Waals surface area contributed by atoms with Gasteiger partial charge in [0.25, 0.3) is 17.7 Å². The number of hydrogen-bond acceptors (Lipinski definition) is 13. The van der Waals surface area contributed by atoms with Crippen molar-refractivity contribution >= 4 is 64.1 Å². The van der Waals surface area contributed by atoms with Crippen molar-refractivity contribution in [3.05, 3.63) is 99.3 Å². The first kappa shape index (κ1) is 39.9. The predicted molar refractivity (Wildman–Crippen MR) is 221 cm³/mol. The molecule has 9 rings (SSSR count). The van der Waals surface area contributed by atoms with Gasteiger partial charge in [-0.3, -0.25) is 34.2 Å². The lowest BCUT2D eigenvalue weighted by atomic mass is 9.97. The number of nitriles is 1. The smallest absolute Gasteiger partial charge is 0.262 e. The summed E-state index contributed by atoms with van der Waals surface area (Å²) in [6.45, 7) is 4.22. The minimum Gasteiger partial charge on any atom is -0.371 e. The van der Waals surface area contributed by atoms with Crippen LogP contribution >= 0.6 is 11.6 Å². The highest BCUT2D eigenvalue weighted by atomic mass is 35.5. The SMILES string of the molecule is N#Cc1ccc(N2CCc3c(ncnc3Nc3ccc(C(=O)NC4CCN(C5CCN(c6ccc7c(c6)C(=O)N(C6CCC(=O)NC6=O)C7=O)CC5)CC4)c(F)n3)C2)cc1Cl. The highest BCUT2D eigenvalue weighted by Gasteiger charge is 2.45. The summed E-state index contributed by atoms with van der Waals surface area (Å²) >= 11 is 6.27. The van der Waals surface area contributed by atoms with Gasteiger partial charge >= 0.3 is 0 Å². The number of carbonyl (C=O) groups excluding carboxylic acids is 5. The molecule has 5 amide bonds. The van der Waals surface area contributed by atoms with Crippen molar-refractivity contribution in [3.8, 4) is 6.07 Å². The number of fused-ring (bicyclic) bond motifs is 2. The van der Waals surface area contributed by atoms with Gasteiger partial charge in [-0.1, -0.05) is 11.6 Å². The van der Waals surface area contributed by atoms with Crippen molar-refractivity contribution in [3.63, 3.8) is 0 Å². The lowest BCUT2D eigenvalue weighted by Crippen LogP contribution is -2.54. The molecular weight excluding hydrogens is 805 g/mol. The number of imide groups is 2. The topological polar surface area (TPSA) is 197 Å². The fourth-order valence-corrected chi connectivity index (χ4v) is 9.30. The van der Waals surface area contributed by atoms with Crippen LogP contribution in [0.1, 0.15) is 86.4 Å². The fraction of sp³-hybridized carbons (Fsp3) is 0.372. The monoisotopic (exact) mass is 845 g/mol. The van der Waals surface area contributed by atoms with Crippen LogP contribution in [0.2, 0.25) is 5.02 Å². The molecule has 7 heterocycles. The van der Waals surface area contributed by atoms with Crippen molar-refractivity contribution in [1.82, 2.24) is 35.4 Å². The molecule has 4 aromatic rings. The lowest BCUT2D eigenvalue weighted by Gasteiger charge is -2.42. The van der Waals surface area contributed by atoms with Gasteiger partial charge in [0.1, 0.15) is 30.1 Å². The van der Waals surface area contributed by atoms with Crippen LogP contribution in [0.4, 0.5) is 27.4 Å². The molecule has 312 valence electrons. The number of rotatable bonds is 8. The Labute approximate surface area is 355 Å². The van der Waals surface area contributed by atoms with E-state index in [1.807, 2.05) is 12.1 Å². The molecule has 1 unspecified atom stereocenters. The Hall–Kier alpha value is -6.51. The summed E-state index contributed by atoms with van der Waals surface area (Å²) in [6, 6.07) is 14.8. The van der Waals surface area contributed by atoms with Crippen LogP contribution in [0.15, 0.2) is 54.9 Å². The molecule has 3 saturated heterocycles. The maximum atomic E-state index is 15.4. The van der Waals surface area contributed by atoms with E-state index in [9.17, 15) is 29.2 Å². The Morgan fingerprint density at radius 3 is 2.34 bits per heavy atom. The molecule has 18 heteroatoms. The van der Waals surface area contributed by atoms with E-state index in [4.69, 9.17) is 11.6 Å². The normalized spacial score (nSPS) is 20.0. The van der Waals surface area contributed by atoms with Crippen molar-refractivity contribution in [2.24, 2.45) is 0 Å². The zero-order valence-corrected chi connectivity index (χ0v) is 33.8. The first-order valence-corrected chi connectivity index (χ1v) is 20.8. The Kier molecular flexibility index (Phi) is 10.8. The zero-order chi connectivity index (χ0) is 42.4. The molecule has 0 aliphatic carbocycles. The Bertz CT molecular complexity index is 2520. The van der Waals surface area contributed by atoms with E-state index < -0.39 is 41.5 Å². The molecule has 2 aromatic heterocycles. The van der Waals surface area contributed by atoms with Crippen molar-refractivity contribution in [1.29, 1.82) is 5.26 Å². The average molecular weight is 846 g/mol. The molecule has 0 spiro atoms. The zero-order valence-electron chi connectivity index (χ0n) is 33.0. The highest BCUT2D eigenvalue weighted by Crippen LogP contribution is 2.34. The second kappa shape index (κ2) is 16.5. The van der Waals surface area contributed by atoms with Crippen LogP contribution in [0.3, 0.4) is 0 Å². The number of piperidine rings is 3. The van der Waals surface area contributed by atoms with Crippen LogP contribution in [0.5, 0.6) is 0 Å². The molecule has 0 radical (unpaired) electrons. The lowest BCUT2D eigenvalue weighted by molar-refractivity contribution is -0.136. The summed E-state index contributed by atoms with van der Waals surface area (Å²) in [5.41, 5.74) is 4.20. The molecule has 3 fully saturated rings. The van der Waals surface area contributed by atoms with Gasteiger partial charge in [0.2, 0.25) is 17.8 Å². The van der Waals surface area contributed by atoms with E-state index in [1.54, 1.807) is 30.3 Å². The van der Waals surface area contributed by atoms with Crippen molar-refractivity contribution in [2.45, 2.75) is 69.6 Å². The van der Waals surface area contributed by atoms with E-state index in [2.05, 4.69) is 51.7 Å². The molecule has 61 heavy (non-hydrogen) atoms. The van der Waals surface area contributed by atoms with Gasteiger partial charge in [-0.25, -0.2) is 15.0 Å². The van der Waals surface area contributed by atoms with E-state index in [1.165, 1.54) is 12.4 Å². The molecule has 0 saturated carbocycles. The first-order chi connectivity index (χ1) is 29.5. The summed E-state index contributed by atoms with van der Waals surface area (Å²) in [4.78, 5) is 84.4.